The van der Waals surface area contributed by atoms with E-state index < -0.39 is 0 Å². The first-order valence-electron chi connectivity index (χ1n) is 7.02. The van der Waals surface area contributed by atoms with Crippen LogP contribution in [-0.4, -0.2) is 31.1 Å². The van der Waals surface area contributed by atoms with Gasteiger partial charge < -0.3 is 5.32 Å². The quantitative estimate of drug-likeness (QED) is 0.750. The molecule has 0 aromatic heterocycles. The number of rotatable bonds is 0. The number of likely N-dealkylation sites (N-methyl/N-ethyl adjacent to an activating group) is 1. The smallest absolute Gasteiger partial charge is 0.0382 e. The van der Waals surface area contributed by atoms with Gasteiger partial charge in [-0.2, -0.15) is 0 Å². The minimum absolute atomic E-state index is 0.658. The Labute approximate surface area is 109 Å². The van der Waals surface area contributed by atoms with E-state index in [1.807, 2.05) is 0 Å². The van der Waals surface area contributed by atoms with Gasteiger partial charge in [0.25, 0.3) is 0 Å². The van der Waals surface area contributed by atoms with Crippen molar-refractivity contribution >= 4 is 11.8 Å². The van der Waals surface area contributed by atoms with Gasteiger partial charge in [-0.3, -0.25) is 4.90 Å². The summed E-state index contributed by atoms with van der Waals surface area (Å²) >= 11 is 0. The SMILES string of the molecule is C[C@H]1CN(C)[C@H]2CC3CNc4cccc(c43)C=C12. The summed E-state index contributed by atoms with van der Waals surface area (Å²) in [5, 5.41) is 3.57. The number of benzene rings is 1. The summed E-state index contributed by atoms with van der Waals surface area (Å²) in [6.07, 6.45) is 3.76. The standard InChI is InChI=1S/C16H20N2/c1-10-9-18(2)15-7-12-8-17-14-5-3-4-11(16(12)14)6-13(10)15/h3-6,10,12,15,17H,7-9H2,1-2H3/t10-,12?,15-/m0/s1. The van der Waals surface area contributed by atoms with Crippen LogP contribution in [-0.2, 0) is 0 Å². The van der Waals surface area contributed by atoms with E-state index in [1.165, 1.54) is 24.2 Å². The zero-order chi connectivity index (χ0) is 12.3. The second-order valence-electron chi connectivity index (χ2n) is 6.12. The molecule has 3 atom stereocenters. The largest absolute Gasteiger partial charge is 0.384 e. The van der Waals surface area contributed by atoms with Crippen LogP contribution in [0.4, 0.5) is 5.69 Å². The first-order chi connectivity index (χ1) is 8.74. The van der Waals surface area contributed by atoms with Gasteiger partial charge >= 0.3 is 0 Å². The number of nitrogens with zero attached hydrogens (tertiary/aromatic N) is 1. The fourth-order valence-electron chi connectivity index (χ4n) is 4.11. The van der Waals surface area contributed by atoms with Crippen LogP contribution in [0.2, 0.25) is 0 Å². The van der Waals surface area contributed by atoms with Gasteiger partial charge in [-0.15, -0.1) is 0 Å². The Kier molecular flexibility index (Phi) is 2.13. The minimum atomic E-state index is 0.658. The van der Waals surface area contributed by atoms with Gasteiger partial charge in [-0.1, -0.05) is 25.1 Å². The third-order valence-electron chi connectivity index (χ3n) is 4.96. The molecular formula is C16H20N2. The maximum atomic E-state index is 3.57. The third-order valence-corrected chi connectivity index (χ3v) is 4.96. The van der Waals surface area contributed by atoms with Crippen molar-refractivity contribution in [2.45, 2.75) is 25.3 Å². The van der Waals surface area contributed by atoms with Crippen molar-refractivity contribution in [2.75, 3.05) is 25.5 Å². The Morgan fingerprint density at radius 1 is 1.33 bits per heavy atom. The summed E-state index contributed by atoms with van der Waals surface area (Å²) in [4.78, 5) is 2.54. The molecule has 0 saturated carbocycles. The third kappa shape index (κ3) is 1.33. The molecule has 2 heterocycles. The molecule has 94 valence electrons. The number of likely N-dealkylation sites (tertiary alicyclic amines) is 1. The second-order valence-corrected chi connectivity index (χ2v) is 6.12. The Morgan fingerprint density at radius 2 is 2.22 bits per heavy atom. The summed E-state index contributed by atoms with van der Waals surface area (Å²) in [6.45, 7) is 4.70. The minimum Gasteiger partial charge on any atom is -0.384 e. The molecule has 3 aliphatic rings. The molecule has 2 aliphatic heterocycles. The van der Waals surface area contributed by atoms with E-state index in [2.05, 4.69) is 48.5 Å². The number of nitrogens with one attached hydrogen (secondary N) is 1. The topological polar surface area (TPSA) is 15.3 Å². The molecule has 18 heavy (non-hydrogen) atoms. The summed E-state index contributed by atoms with van der Waals surface area (Å²) in [5.74, 6) is 1.41. The number of fused-ring (bicyclic) bond motifs is 1. The molecule has 1 unspecified atom stereocenters. The number of anilines is 1. The van der Waals surface area contributed by atoms with E-state index in [-0.39, 0.29) is 0 Å². The molecule has 1 aliphatic carbocycles. The molecule has 2 nitrogen and oxygen atoms in total. The zero-order valence-electron chi connectivity index (χ0n) is 11.1. The first kappa shape index (κ1) is 10.6. The van der Waals surface area contributed by atoms with Crippen LogP contribution in [0.3, 0.4) is 0 Å². The molecule has 4 rings (SSSR count). The highest BCUT2D eigenvalue weighted by atomic mass is 15.2. The molecule has 0 bridgehead atoms. The average Bonchev–Trinajstić information content (AvgIpc) is 2.80. The predicted molar refractivity (Wildman–Crippen MR) is 75.8 cm³/mol. The monoisotopic (exact) mass is 240 g/mol. The lowest BCUT2D eigenvalue weighted by Crippen LogP contribution is -2.27. The maximum absolute atomic E-state index is 3.57. The van der Waals surface area contributed by atoms with Crippen molar-refractivity contribution in [2.24, 2.45) is 5.92 Å². The molecule has 0 radical (unpaired) electrons. The van der Waals surface area contributed by atoms with Crippen LogP contribution >= 0.6 is 0 Å². The molecule has 0 amide bonds. The van der Waals surface area contributed by atoms with E-state index in [9.17, 15) is 0 Å². The van der Waals surface area contributed by atoms with Gasteiger partial charge in [-0.25, -0.2) is 0 Å². The predicted octanol–water partition coefficient (Wildman–Crippen LogP) is 2.93. The van der Waals surface area contributed by atoms with Crippen molar-refractivity contribution < 1.29 is 0 Å². The Bertz CT molecular complexity index is 532. The Morgan fingerprint density at radius 3 is 3.11 bits per heavy atom. The summed E-state index contributed by atoms with van der Waals surface area (Å²) in [5.41, 5.74) is 6.05. The van der Waals surface area contributed by atoms with E-state index in [1.54, 1.807) is 11.1 Å². The lowest BCUT2D eigenvalue weighted by molar-refractivity contribution is 0.299. The van der Waals surface area contributed by atoms with Crippen molar-refractivity contribution in [3.63, 3.8) is 0 Å². The molecular weight excluding hydrogens is 220 g/mol. The highest BCUT2D eigenvalue weighted by Gasteiger charge is 2.38. The van der Waals surface area contributed by atoms with Gasteiger partial charge in [-0.05, 0) is 42.2 Å². The van der Waals surface area contributed by atoms with E-state index in [4.69, 9.17) is 0 Å². The van der Waals surface area contributed by atoms with Gasteiger partial charge in [0.2, 0.25) is 0 Å². The zero-order valence-corrected chi connectivity index (χ0v) is 11.1. The van der Waals surface area contributed by atoms with E-state index in [0.717, 1.165) is 6.54 Å². The van der Waals surface area contributed by atoms with Gasteiger partial charge in [0, 0.05) is 30.7 Å². The maximum Gasteiger partial charge on any atom is 0.0382 e. The summed E-state index contributed by atoms with van der Waals surface area (Å²) in [7, 11) is 2.28. The molecule has 1 N–H and O–H groups in total. The van der Waals surface area contributed by atoms with E-state index >= 15 is 0 Å². The molecule has 2 heteroatoms. The average molecular weight is 240 g/mol. The number of hydrogen-bond donors (Lipinski definition) is 1. The molecule has 0 spiro atoms. The van der Waals surface area contributed by atoms with Crippen LogP contribution < -0.4 is 5.32 Å². The Hall–Kier alpha value is -1.28. The van der Waals surface area contributed by atoms with Crippen molar-refractivity contribution in [3.8, 4) is 0 Å². The van der Waals surface area contributed by atoms with Gasteiger partial charge in [0.15, 0.2) is 0 Å². The molecule has 1 aromatic carbocycles. The van der Waals surface area contributed by atoms with Crippen molar-refractivity contribution in [3.05, 3.63) is 34.9 Å². The molecule has 1 saturated heterocycles. The van der Waals surface area contributed by atoms with E-state index in [0.29, 0.717) is 17.9 Å². The van der Waals surface area contributed by atoms with Crippen LogP contribution in [0.5, 0.6) is 0 Å². The number of hydrogen-bond acceptors (Lipinski definition) is 2. The summed E-state index contributed by atoms with van der Waals surface area (Å²) in [6, 6.07) is 7.36. The van der Waals surface area contributed by atoms with Crippen LogP contribution in [0.1, 0.15) is 30.4 Å². The summed E-state index contributed by atoms with van der Waals surface area (Å²) < 4.78 is 0. The fraction of sp³-hybridized carbons (Fsp3) is 0.500. The first-order valence-corrected chi connectivity index (χ1v) is 7.02. The fourth-order valence-corrected chi connectivity index (χ4v) is 4.11. The highest BCUT2D eigenvalue weighted by Crippen LogP contribution is 2.45. The lowest BCUT2D eigenvalue weighted by atomic mass is 9.92. The normalized spacial score (nSPS) is 33.4. The van der Waals surface area contributed by atoms with Crippen LogP contribution in [0.15, 0.2) is 23.8 Å². The van der Waals surface area contributed by atoms with Crippen molar-refractivity contribution in [1.82, 2.24) is 4.90 Å². The van der Waals surface area contributed by atoms with Gasteiger partial charge in [0.05, 0.1) is 0 Å². The van der Waals surface area contributed by atoms with Crippen LogP contribution in [0.25, 0.3) is 6.08 Å². The van der Waals surface area contributed by atoms with Crippen LogP contribution in [0, 0.1) is 5.92 Å². The highest BCUT2D eigenvalue weighted by molar-refractivity contribution is 5.71. The lowest BCUT2D eigenvalue weighted by Gasteiger charge is -2.22. The molecule has 1 aromatic rings. The molecule has 1 fully saturated rings. The van der Waals surface area contributed by atoms with Gasteiger partial charge in [0.1, 0.15) is 0 Å². The van der Waals surface area contributed by atoms with Crippen molar-refractivity contribution in [1.29, 1.82) is 0 Å². The Balaban J connectivity index is 1.89. The second kappa shape index (κ2) is 3.61.